The molecule has 3 nitrogen and oxygen atoms in total. The number of nitrogens with two attached hydrogens (primary N) is 1. The normalized spacial score (nSPS) is 29.2. The molecule has 2 rings (SSSR count). The van der Waals surface area contributed by atoms with E-state index in [4.69, 9.17) is 5.73 Å². The SMILES string of the molecule is CC1CCC(CN)(C(O)c2ncc(Br)cc2Br)CC1. The van der Waals surface area contributed by atoms with E-state index in [1.165, 1.54) is 0 Å². The molecule has 0 aliphatic heterocycles. The van der Waals surface area contributed by atoms with Crippen LogP contribution in [0, 0.1) is 11.3 Å². The Morgan fingerprint density at radius 1 is 1.47 bits per heavy atom. The summed E-state index contributed by atoms with van der Waals surface area (Å²) in [5.74, 6) is 0.730. The summed E-state index contributed by atoms with van der Waals surface area (Å²) in [6.07, 6.45) is 5.31. The molecule has 1 aliphatic rings. The molecule has 0 amide bonds. The van der Waals surface area contributed by atoms with Gasteiger partial charge in [-0.3, -0.25) is 4.98 Å². The average molecular weight is 392 g/mol. The fourth-order valence-corrected chi connectivity index (χ4v) is 4.05. The predicted molar refractivity (Wildman–Crippen MR) is 83.7 cm³/mol. The fraction of sp³-hybridized carbons (Fsp3) is 0.643. The van der Waals surface area contributed by atoms with Gasteiger partial charge in [-0.05, 0) is 56.7 Å². The smallest absolute Gasteiger partial charge is 0.104 e. The van der Waals surface area contributed by atoms with Crippen LogP contribution in [0.3, 0.4) is 0 Å². The van der Waals surface area contributed by atoms with Crippen LogP contribution in [-0.4, -0.2) is 16.6 Å². The lowest BCUT2D eigenvalue weighted by Gasteiger charge is -2.42. The Kier molecular flexibility index (Phi) is 5.04. The van der Waals surface area contributed by atoms with Crippen LogP contribution in [0.1, 0.15) is 44.4 Å². The Bertz CT molecular complexity index is 445. The topological polar surface area (TPSA) is 59.1 Å². The molecule has 3 N–H and O–H groups in total. The van der Waals surface area contributed by atoms with Crippen LogP contribution in [0.15, 0.2) is 21.2 Å². The maximum atomic E-state index is 10.8. The monoisotopic (exact) mass is 390 g/mol. The van der Waals surface area contributed by atoms with Crippen LogP contribution in [0.25, 0.3) is 0 Å². The second-order valence-electron chi connectivity index (χ2n) is 5.67. The molecular formula is C14H20Br2N2O. The summed E-state index contributed by atoms with van der Waals surface area (Å²) in [5, 5.41) is 10.8. The molecule has 1 atom stereocenters. The second-order valence-corrected chi connectivity index (χ2v) is 7.44. The zero-order valence-electron chi connectivity index (χ0n) is 11.1. The predicted octanol–water partition coefficient (Wildman–Crippen LogP) is 3.80. The number of hydrogen-bond acceptors (Lipinski definition) is 3. The molecule has 1 aromatic heterocycles. The van der Waals surface area contributed by atoms with Crippen LogP contribution in [0.4, 0.5) is 0 Å². The summed E-state index contributed by atoms with van der Waals surface area (Å²) >= 11 is 6.87. The van der Waals surface area contributed by atoms with E-state index in [-0.39, 0.29) is 5.41 Å². The Balaban J connectivity index is 2.27. The summed E-state index contributed by atoms with van der Waals surface area (Å²) < 4.78 is 1.73. The molecule has 1 saturated carbocycles. The molecule has 1 aliphatic carbocycles. The van der Waals surface area contributed by atoms with Crippen LogP contribution < -0.4 is 5.73 Å². The van der Waals surface area contributed by atoms with Crippen molar-refractivity contribution in [3.05, 3.63) is 26.9 Å². The average Bonchev–Trinajstić information content (AvgIpc) is 2.39. The lowest BCUT2D eigenvalue weighted by molar-refractivity contribution is -0.0113. The molecule has 0 saturated heterocycles. The van der Waals surface area contributed by atoms with E-state index in [1.807, 2.05) is 6.07 Å². The summed E-state index contributed by atoms with van der Waals surface area (Å²) in [4.78, 5) is 4.37. The molecule has 1 heterocycles. The quantitative estimate of drug-likeness (QED) is 0.823. The molecule has 1 aromatic rings. The third kappa shape index (κ3) is 3.20. The highest BCUT2D eigenvalue weighted by Gasteiger charge is 2.41. The summed E-state index contributed by atoms with van der Waals surface area (Å²) in [6.45, 7) is 2.77. The van der Waals surface area contributed by atoms with E-state index in [1.54, 1.807) is 6.20 Å². The van der Waals surface area contributed by atoms with Gasteiger partial charge >= 0.3 is 0 Å². The highest BCUT2D eigenvalue weighted by atomic mass is 79.9. The lowest BCUT2D eigenvalue weighted by atomic mass is 9.67. The third-order valence-electron chi connectivity index (χ3n) is 4.35. The van der Waals surface area contributed by atoms with Crippen LogP contribution in [0.5, 0.6) is 0 Å². The van der Waals surface area contributed by atoms with E-state index in [0.717, 1.165) is 40.5 Å². The highest BCUT2D eigenvalue weighted by molar-refractivity contribution is 9.11. The number of aliphatic hydroxyl groups is 1. The first-order valence-electron chi connectivity index (χ1n) is 6.67. The van der Waals surface area contributed by atoms with Gasteiger partial charge in [0.05, 0.1) is 5.69 Å². The molecular weight excluding hydrogens is 372 g/mol. The first-order chi connectivity index (χ1) is 8.98. The lowest BCUT2D eigenvalue weighted by Crippen LogP contribution is -2.40. The number of rotatable bonds is 3. The minimum Gasteiger partial charge on any atom is -0.386 e. The first-order valence-corrected chi connectivity index (χ1v) is 8.26. The van der Waals surface area contributed by atoms with E-state index in [2.05, 4.69) is 43.8 Å². The van der Waals surface area contributed by atoms with Crippen LogP contribution >= 0.6 is 31.9 Å². The molecule has 0 radical (unpaired) electrons. The Labute approximate surface area is 131 Å². The zero-order chi connectivity index (χ0) is 14.0. The van der Waals surface area contributed by atoms with Crippen molar-refractivity contribution in [2.75, 3.05) is 6.54 Å². The van der Waals surface area contributed by atoms with Crippen molar-refractivity contribution >= 4 is 31.9 Å². The first kappa shape index (κ1) is 15.4. The number of pyridine rings is 1. The standard InChI is InChI=1S/C14H20Br2N2O/c1-9-2-4-14(8-17,5-3-9)13(19)12-11(16)6-10(15)7-18-12/h6-7,9,13,19H,2-5,8,17H2,1H3. The van der Waals surface area contributed by atoms with Crippen molar-refractivity contribution in [1.29, 1.82) is 0 Å². The van der Waals surface area contributed by atoms with Gasteiger partial charge in [-0.15, -0.1) is 0 Å². The van der Waals surface area contributed by atoms with Gasteiger partial charge in [0.25, 0.3) is 0 Å². The number of aromatic nitrogens is 1. The van der Waals surface area contributed by atoms with E-state index in [9.17, 15) is 5.11 Å². The van der Waals surface area contributed by atoms with Crippen LogP contribution in [0.2, 0.25) is 0 Å². The number of hydrogen-bond donors (Lipinski definition) is 2. The number of halogens is 2. The molecule has 1 fully saturated rings. The Morgan fingerprint density at radius 3 is 2.63 bits per heavy atom. The number of nitrogens with zero attached hydrogens (tertiary/aromatic N) is 1. The Morgan fingerprint density at radius 2 is 2.11 bits per heavy atom. The molecule has 0 spiro atoms. The molecule has 19 heavy (non-hydrogen) atoms. The summed E-state index contributed by atoms with van der Waals surface area (Å²) in [6, 6.07) is 1.92. The van der Waals surface area contributed by atoms with Gasteiger partial charge in [-0.25, -0.2) is 0 Å². The third-order valence-corrected chi connectivity index (χ3v) is 5.42. The van der Waals surface area contributed by atoms with Gasteiger partial charge in [0.15, 0.2) is 0 Å². The van der Waals surface area contributed by atoms with Crippen molar-refractivity contribution in [2.45, 2.75) is 38.7 Å². The maximum Gasteiger partial charge on any atom is 0.104 e. The second kappa shape index (κ2) is 6.20. The zero-order valence-corrected chi connectivity index (χ0v) is 14.2. The Hall–Kier alpha value is 0.0300. The van der Waals surface area contributed by atoms with E-state index >= 15 is 0 Å². The van der Waals surface area contributed by atoms with Gasteiger partial charge in [0.1, 0.15) is 6.10 Å². The van der Waals surface area contributed by atoms with Crippen molar-refractivity contribution in [3.8, 4) is 0 Å². The number of aliphatic hydroxyl groups excluding tert-OH is 1. The minimum absolute atomic E-state index is 0.226. The summed E-state index contributed by atoms with van der Waals surface area (Å²) in [5.41, 5.74) is 6.46. The van der Waals surface area contributed by atoms with Crippen molar-refractivity contribution in [1.82, 2.24) is 4.98 Å². The van der Waals surface area contributed by atoms with Gasteiger partial charge < -0.3 is 10.8 Å². The largest absolute Gasteiger partial charge is 0.386 e. The van der Waals surface area contributed by atoms with Gasteiger partial charge in [-0.1, -0.05) is 19.8 Å². The molecule has 0 bridgehead atoms. The van der Waals surface area contributed by atoms with Crippen molar-refractivity contribution < 1.29 is 5.11 Å². The molecule has 0 aromatic carbocycles. The summed E-state index contributed by atoms with van der Waals surface area (Å²) in [7, 11) is 0. The minimum atomic E-state index is -0.604. The highest BCUT2D eigenvalue weighted by Crippen LogP contribution is 2.47. The van der Waals surface area contributed by atoms with E-state index in [0.29, 0.717) is 12.2 Å². The van der Waals surface area contributed by atoms with Crippen molar-refractivity contribution in [3.63, 3.8) is 0 Å². The van der Waals surface area contributed by atoms with Gasteiger partial charge in [-0.2, -0.15) is 0 Å². The van der Waals surface area contributed by atoms with Crippen molar-refractivity contribution in [2.24, 2.45) is 17.1 Å². The molecule has 1 unspecified atom stereocenters. The van der Waals surface area contributed by atoms with Crippen LogP contribution in [-0.2, 0) is 0 Å². The molecule has 5 heteroatoms. The fourth-order valence-electron chi connectivity index (χ4n) is 2.84. The van der Waals surface area contributed by atoms with Gasteiger partial charge in [0, 0.05) is 27.1 Å². The van der Waals surface area contributed by atoms with Gasteiger partial charge in [0.2, 0.25) is 0 Å². The molecule has 106 valence electrons. The maximum absolute atomic E-state index is 10.8. The van der Waals surface area contributed by atoms with E-state index < -0.39 is 6.10 Å².